The molecule has 0 atom stereocenters. The van der Waals surface area contributed by atoms with E-state index < -0.39 is 23.8 Å². The molecule has 0 spiro atoms. The van der Waals surface area contributed by atoms with Gasteiger partial charge in [-0.15, -0.1) is 0 Å². The van der Waals surface area contributed by atoms with Crippen molar-refractivity contribution in [3.05, 3.63) is 70.3 Å². The van der Waals surface area contributed by atoms with Crippen LogP contribution in [-0.4, -0.2) is 28.3 Å². The Morgan fingerprint density at radius 1 is 1.22 bits per heavy atom. The summed E-state index contributed by atoms with van der Waals surface area (Å²) in [5.74, 6) is -2.59. The van der Waals surface area contributed by atoms with Gasteiger partial charge in [-0.05, 0) is 31.2 Å². The van der Waals surface area contributed by atoms with Gasteiger partial charge in [-0.25, -0.2) is 4.39 Å². The molecule has 1 heterocycles. The third-order valence-corrected chi connectivity index (χ3v) is 4.39. The van der Waals surface area contributed by atoms with Gasteiger partial charge in [-0.3, -0.25) is 4.79 Å². The second-order valence-electron chi connectivity index (χ2n) is 6.52. The maximum atomic E-state index is 13.0. The number of nitrogens with zero attached hydrogens (tertiary/aromatic N) is 3. The Bertz CT molecular complexity index is 1130. The molecule has 12 heteroatoms. The molecule has 168 valence electrons. The van der Waals surface area contributed by atoms with Crippen LogP contribution in [0.3, 0.4) is 0 Å². The summed E-state index contributed by atoms with van der Waals surface area (Å²) in [6, 6.07) is 9.51. The second kappa shape index (κ2) is 9.77. The van der Waals surface area contributed by atoms with Crippen LogP contribution in [0.1, 0.15) is 28.7 Å². The fraction of sp³-hybridized carbons (Fsp3) is 0.200. The molecule has 0 aliphatic carbocycles. The van der Waals surface area contributed by atoms with E-state index >= 15 is 0 Å². The molecule has 3 rings (SSSR count). The SMILES string of the molecule is C/C(CNC(=O)c1ccc(-c2noc(C(F)(F)F)n2)cc1)=N/OCc1ccc(F)cc1Cl. The maximum Gasteiger partial charge on any atom is 0.471 e. The summed E-state index contributed by atoms with van der Waals surface area (Å²) in [7, 11) is 0. The van der Waals surface area contributed by atoms with E-state index in [9.17, 15) is 22.4 Å². The zero-order valence-corrected chi connectivity index (χ0v) is 17.2. The lowest BCUT2D eigenvalue weighted by Crippen LogP contribution is -2.28. The second-order valence-corrected chi connectivity index (χ2v) is 6.92. The van der Waals surface area contributed by atoms with Crippen LogP contribution in [-0.2, 0) is 17.6 Å². The molecular weight excluding hydrogens is 456 g/mol. The molecule has 32 heavy (non-hydrogen) atoms. The van der Waals surface area contributed by atoms with Gasteiger partial charge in [0.25, 0.3) is 5.91 Å². The molecule has 0 aliphatic rings. The first-order valence-electron chi connectivity index (χ1n) is 9.02. The zero-order chi connectivity index (χ0) is 23.3. The van der Waals surface area contributed by atoms with Gasteiger partial charge >= 0.3 is 12.1 Å². The minimum atomic E-state index is -4.74. The van der Waals surface area contributed by atoms with Crippen LogP contribution in [0.15, 0.2) is 52.1 Å². The van der Waals surface area contributed by atoms with Crippen molar-refractivity contribution in [2.45, 2.75) is 19.7 Å². The average Bonchev–Trinajstić information content (AvgIpc) is 3.25. The molecular formula is C20H15ClF4N4O3. The van der Waals surface area contributed by atoms with Gasteiger partial charge in [0.1, 0.15) is 12.4 Å². The number of nitrogens with one attached hydrogen (secondary N) is 1. The summed E-state index contributed by atoms with van der Waals surface area (Å²) in [4.78, 5) is 20.7. The number of carbonyl (C=O) groups is 1. The smallest absolute Gasteiger partial charge is 0.391 e. The zero-order valence-electron chi connectivity index (χ0n) is 16.4. The minimum Gasteiger partial charge on any atom is -0.391 e. The van der Waals surface area contributed by atoms with Crippen LogP contribution in [0.5, 0.6) is 0 Å². The fourth-order valence-electron chi connectivity index (χ4n) is 2.42. The number of benzene rings is 2. The fourth-order valence-corrected chi connectivity index (χ4v) is 2.64. The Hall–Kier alpha value is -3.47. The van der Waals surface area contributed by atoms with Crippen molar-refractivity contribution in [1.82, 2.24) is 15.5 Å². The molecule has 0 aliphatic heterocycles. The standard InChI is InChI=1S/C20H15ClF4N4O3/c1-11(28-31-10-14-6-7-15(22)8-16(14)21)9-26-18(30)13-4-2-12(3-5-13)17-27-19(32-29-17)20(23,24)25/h2-8H,9-10H2,1H3,(H,26,30)/b28-11-. The van der Waals surface area contributed by atoms with Crippen LogP contribution in [0, 0.1) is 5.82 Å². The van der Waals surface area contributed by atoms with E-state index in [4.69, 9.17) is 16.4 Å². The number of aromatic nitrogens is 2. The highest BCUT2D eigenvalue weighted by Crippen LogP contribution is 2.29. The minimum absolute atomic E-state index is 0.0258. The Balaban J connectivity index is 1.52. The summed E-state index contributed by atoms with van der Waals surface area (Å²) >= 11 is 5.90. The Labute approximate surface area is 184 Å². The average molecular weight is 471 g/mol. The molecule has 0 bridgehead atoms. The number of amides is 1. The lowest BCUT2D eigenvalue weighted by Gasteiger charge is -2.07. The summed E-state index contributed by atoms with van der Waals surface area (Å²) < 4.78 is 54.8. The van der Waals surface area contributed by atoms with E-state index in [1.54, 1.807) is 6.92 Å². The Kier molecular flexibility index (Phi) is 7.08. The third kappa shape index (κ3) is 6.03. The first-order chi connectivity index (χ1) is 15.1. The van der Waals surface area contributed by atoms with Crippen molar-refractivity contribution >= 4 is 23.2 Å². The van der Waals surface area contributed by atoms with Crippen LogP contribution < -0.4 is 5.32 Å². The highest BCUT2D eigenvalue weighted by molar-refractivity contribution is 6.31. The van der Waals surface area contributed by atoms with Crippen molar-refractivity contribution < 1.29 is 31.7 Å². The highest BCUT2D eigenvalue weighted by Gasteiger charge is 2.38. The molecule has 3 aromatic rings. The van der Waals surface area contributed by atoms with Crippen molar-refractivity contribution in [2.75, 3.05) is 6.54 Å². The van der Waals surface area contributed by atoms with Crippen LogP contribution in [0.25, 0.3) is 11.4 Å². The van der Waals surface area contributed by atoms with E-state index in [0.29, 0.717) is 11.3 Å². The molecule has 2 aromatic carbocycles. The van der Waals surface area contributed by atoms with Crippen molar-refractivity contribution in [3.8, 4) is 11.4 Å². The molecule has 1 amide bonds. The van der Waals surface area contributed by atoms with Gasteiger partial charge < -0.3 is 14.7 Å². The highest BCUT2D eigenvalue weighted by atomic mass is 35.5. The number of alkyl halides is 3. The molecule has 0 saturated heterocycles. The topological polar surface area (TPSA) is 89.6 Å². The van der Waals surface area contributed by atoms with Gasteiger partial charge in [-0.1, -0.05) is 40.1 Å². The molecule has 1 N–H and O–H groups in total. The van der Waals surface area contributed by atoms with Crippen LogP contribution in [0.2, 0.25) is 5.02 Å². The van der Waals surface area contributed by atoms with E-state index in [-0.39, 0.29) is 35.1 Å². The summed E-state index contributed by atoms with van der Waals surface area (Å²) in [5, 5.41) is 9.98. The maximum absolute atomic E-state index is 13.0. The summed E-state index contributed by atoms with van der Waals surface area (Å²) in [6.07, 6.45) is -4.74. The molecule has 0 fully saturated rings. The quantitative estimate of drug-likeness (QED) is 0.302. The van der Waals surface area contributed by atoms with Crippen molar-refractivity contribution in [1.29, 1.82) is 0 Å². The third-order valence-electron chi connectivity index (χ3n) is 4.03. The van der Waals surface area contributed by atoms with E-state index in [0.717, 1.165) is 6.07 Å². The normalized spacial score (nSPS) is 12.0. The first-order valence-corrected chi connectivity index (χ1v) is 9.40. The molecule has 1 aromatic heterocycles. The van der Waals surface area contributed by atoms with Gasteiger partial charge in [-0.2, -0.15) is 18.2 Å². The van der Waals surface area contributed by atoms with Gasteiger partial charge in [0, 0.05) is 16.7 Å². The van der Waals surface area contributed by atoms with Gasteiger partial charge in [0.2, 0.25) is 5.82 Å². The van der Waals surface area contributed by atoms with Gasteiger partial charge in [0.05, 0.1) is 17.3 Å². The van der Waals surface area contributed by atoms with E-state index in [2.05, 4.69) is 25.1 Å². The van der Waals surface area contributed by atoms with Crippen LogP contribution in [0.4, 0.5) is 17.6 Å². The van der Waals surface area contributed by atoms with Crippen LogP contribution >= 0.6 is 11.6 Å². The molecule has 0 radical (unpaired) electrons. The number of hydrogen-bond acceptors (Lipinski definition) is 6. The lowest BCUT2D eigenvalue weighted by molar-refractivity contribution is -0.159. The van der Waals surface area contributed by atoms with E-state index in [1.807, 2.05) is 0 Å². The Morgan fingerprint density at radius 3 is 2.56 bits per heavy atom. The van der Waals surface area contributed by atoms with Crippen molar-refractivity contribution in [3.63, 3.8) is 0 Å². The number of oxime groups is 1. The number of halogens is 5. The van der Waals surface area contributed by atoms with E-state index in [1.165, 1.54) is 36.4 Å². The van der Waals surface area contributed by atoms with Crippen molar-refractivity contribution in [2.24, 2.45) is 5.16 Å². The lowest BCUT2D eigenvalue weighted by atomic mass is 10.1. The molecule has 0 unspecified atom stereocenters. The van der Waals surface area contributed by atoms with Gasteiger partial charge in [0.15, 0.2) is 0 Å². The summed E-state index contributed by atoms with van der Waals surface area (Å²) in [5.41, 5.74) is 1.53. The monoisotopic (exact) mass is 470 g/mol. The predicted molar refractivity (Wildman–Crippen MR) is 106 cm³/mol. The molecule has 0 saturated carbocycles. The Morgan fingerprint density at radius 2 is 1.94 bits per heavy atom. The number of carbonyl (C=O) groups excluding carboxylic acids is 1. The predicted octanol–water partition coefficient (Wildman–Crippen LogP) is 4.87. The number of hydrogen-bond donors (Lipinski definition) is 1. The number of rotatable bonds is 7. The molecule has 7 nitrogen and oxygen atoms in total. The largest absolute Gasteiger partial charge is 0.471 e. The first kappa shape index (κ1) is 23.2. The summed E-state index contributed by atoms with van der Waals surface area (Å²) in [6.45, 7) is 1.74.